The van der Waals surface area contributed by atoms with Gasteiger partial charge in [0.15, 0.2) is 22.6 Å². The average molecular weight is 482 g/mol. The van der Waals surface area contributed by atoms with Crippen LogP contribution in [0.1, 0.15) is 12.7 Å². The van der Waals surface area contributed by atoms with Crippen molar-refractivity contribution in [1.82, 2.24) is 14.8 Å². The Kier molecular flexibility index (Phi) is 7.46. The van der Waals surface area contributed by atoms with E-state index in [1.165, 1.54) is 10.4 Å². The molecule has 2 aromatic carbocycles. The quantitative estimate of drug-likeness (QED) is 0.471. The number of anilines is 2. The Bertz CT molecular complexity index is 1200. The maximum Gasteiger partial charge on any atom is 0.234 e. The van der Waals surface area contributed by atoms with E-state index in [1.807, 2.05) is 6.92 Å². The van der Waals surface area contributed by atoms with Crippen LogP contribution >= 0.6 is 11.8 Å². The predicted octanol–water partition coefficient (Wildman–Crippen LogP) is 3.27. The van der Waals surface area contributed by atoms with E-state index in [1.54, 1.807) is 34.9 Å². The third kappa shape index (κ3) is 5.82. The summed E-state index contributed by atoms with van der Waals surface area (Å²) >= 11 is 1.10. The number of hydrogen-bond donors (Lipinski definition) is 1. The molecule has 0 saturated heterocycles. The first kappa shape index (κ1) is 23.7. The van der Waals surface area contributed by atoms with Crippen molar-refractivity contribution in [2.24, 2.45) is 0 Å². The highest BCUT2D eigenvalue weighted by Gasteiger charge is 2.22. The summed E-state index contributed by atoms with van der Waals surface area (Å²) in [6, 6.07) is 11.7. The van der Waals surface area contributed by atoms with Crippen LogP contribution in [0.5, 0.6) is 0 Å². The number of halogens is 2. The van der Waals surface area contributed by atoms with Crippen molar-refractivity contribution < 1.29 is 22.0 Å². The number of aromatic nitrogens is 3. The second-order valence-corrected chi connectivity index (χ2v) is 9.56. The summed E-state index contributed by atoms with van der Waals surface area (Å²) in [5.74, 6) is -2.12. The van der Waals surface area contributed by atoms with E-state index in [-0.39, 0.29) is 18.0 Å². The zero-order valence-corrected chi connectivity index (χ0v) is 19.0. The smallest absolute Gasteiger partial charge is 0.234 e. The van der Waals surface area contributed by atoms with E-state index in [4.69, 9.17) is 0 Å². The van der Waals surface area contributed by atoms with Crippen molar-refractivity contribution in [2.45, 2.75) is 25.2 Å². The number of carbonyl (C=O) groups is 1. The molecular weight excluding hydrogens is 460 g/mol. The fraction of sp³-hybridized carbons (Fsp3) is 0.250. The van der Waals surface area contributed by atoms with Gasteiger partial charge in [-0.1, -0.05) is 30.0 Å². The molecule has 1 amide bonds. The van der Waals surface area contributed by atoms with Crippen molar-refractivity contribution >= 4 is 39.1 Å². The first-order valence-corrected chi connectivity index (χ1v) is 12.3. The van der Waals surface area contributed by atoms with Gasteiger partial charge in [0.1, 0.15) is 0 Å². The number of sulfonamides is 1. The Morgan fingerprint density at radius 2 is 1.84 bits per heavy atom. The molecule has 0 fully saturated rings. The van der Waals surface area contributed by atoms with Gasteiger partial charge >= 0.3 is 0 Å². The minimum atomic E-state index is -3.57. The molecule has 3 aromatic rings. The Morgan fingerprint density at radius 1 is 1.12 bits per heavy atom. The predicted molar refractivity (Wildman–Crippen MR) is 119 cm³/mol. The lowest BCUT2D eigenvalue weighted by Gasteiger charge is -2.22. The zero-order chi connectivity index (χ0) is 23.3. The molecule has 0 bridgehead atoms. The lowest BCUT2D eigenvalue weighted by atomic mass is 10.3. The molecule has 1 heterocycles. The van der Waals surface area contributed by atoms with Gasteiger partial charge in [-0.3, -0.25) is 9.10 Å². The van der Waals surface area contributed by atoms with Gasteiger partial charge in [-0.2, -0.15) is 0 Å². The number of carbonyl (C=O) groups excluding carboxylic acids is 1. The SMILES string of the molecule is CCn1c(CN(c2ccccc2)S(C)(=O)=O)nnc1SCC(=O)Nc1ccc(F)c(F)c1. The molecule has 0 radical (unpaired) electrons. The number of nitrogens with zero attached hydrogens (tertiary/aromatic N) is 4. The Morgan fingerprint density at radius 3 is 2.47 bits per heavy atom. The molecule has 170 valence electrons. The number of nitrogens with one attached hydrogen (secondary N) is 1. The minimum Gasteiger partial charge on any atom is -0.325 e. The second kappa shape index (κ2) is 10.1. The van der Waals surface area contributed by atoms with Gasteiger partial charge in [0, 0.05) is 18.3 Å². The molecular formula is C20H21F2N5O3S2. The zero-order valence-electron chi connectivity index (χ0n) is 17.3. The summed E-state index contributed by atoms with van der Waals surface area (Å²) in [5, 5.41) is 11.1. The summed E-state index contributed by atoms with van der Waals surface area (Å²) in [4.78, 5) is 12.2. The van der Waals surface area contributed by atoms with Crippen LogP contribution in [0.4, 0.5) is 20.2 Å². The Labute approximate surface area is 188 Å². The van der Waals surface area contributed by atoms with E-state index in [0.29, 0.717) is 23.2 Å². The second-order valence-electron chi connectivity index (χ2n) is 6.71. The molecule has 0 aliphatic rings. The van der Waals surface area contributed by atoms with E-state index in [2.05, 4.69) is 15.5 Å². The van der Waals surface area contributed by atoms with E-state index >= 15 is 0 Å². The summed E-state index contributed by atoms with van der Waals surface area (Å²) in [6.45, 7) is 2.29. The highest BCUT2D eigenvalue weighted by Crippen LogP contribution is 2.23. The highest BCUT2D eigenvalue weighted by molar-refractivity contribution is 7.99. The maximum absolute atomic E-state index is 13.3. The topological polar surface area (TPSA) is 97.2 Å². The lowest BCUT2D eigenvalue weighted by Crippen LogP contribution is -2.30. The van der Waals surface area contributed by atoms with Gasteiger partial charge in [-0.15, -0.1) is 10.2 Å². The van der Waals surface area contributed by atoms with Gasteiger partial charge in [0.25, 0.3) is 0 Å². The fourth-order valence-corrected chi connectivity index (χ4v) is 4.56. The van der Waals surface area contributed by atoms with Crippen molar-refractivity contribution in [3.8, 4) is 0 Å². The molecule has 1 N–H and O–H groups in total. The third-order valence-electron chi connectivity index (χ3n) is 4.37. The first-order valence-electron chi connectivity index (χ1n) is 9.51. The maximum atomic E-state index is 13.3. The van der Waals surface area contributed by atoms with Crippen molar-refractivity contribution in [2.75, 3.05) is 21.6 Å². The molecule has 1 aromatic heterocycles. The average Bonchev–Trinajstić information content (AvgIpc) is 3.14. The summed E-state index contributed by atoms with van der Waals surface area (Å²) in [5.41, 5.74) is 0.638. The number of thioether (sulfide) groups is 1. The van der Waals surface area contributed by atoms with Crippen LogP contribution < -0.4 is 9.62 Å². The number of hydrogen-bond acceptors (Lipinski definition) is 6. The molecule has 0 atom stereocenters. The van der Waals surface area contributed by atoms with Crippen LogP contribution in [0, 0.1) is 11.6 Å². The molecule has 0 aliphatic carbocycles. The Hall–Kier alpha value is -2.99. The van der Waals surface area contributed by atoms with Gasteiger partial charge in [-0.25, -0.2) is 17.2 Å². The van der Waals surface area contributed by atoms with Crippen LogP contribution in [0.15, 0.2) is 53.7 Å². The van der Waals surface area contributed by atoms with Crippen molar-refractivity contribution in [3.63, 3.8) is 0 Å². The van der Waals surface area contributed by atoms with Crippen LogP contribution in [0.25, 0.3) is 0 Å². The number of amides is 1. The minimum absolute atomic E-state index is 0.0225. The number of benzene rings is 2. The molecule has 0 unspecified atom stereocenters. The summed E-state index contributed by atoms with van der Waals surface area (Å²) in [6.07, 6.45) is 1.12. The van der Waals surface area contributed by atoms with Gasteiger partial charge in [0.05, 0.1) is 24.2 Å². The molecule has 3 rings (SSSR count). The van der Waals surface area contributed by atoms with Gasteiger partial charge in [-0.05, 0) is 31.2 Å². The standard InChI is InChI=1S/C20H21F2N5O3S2/c1-3-26-18(12-27(32(2,29)30)15-7-5-4-6-8-15)24-25-20(26)31-13-19(28)23-14-9-10-16(21)17(22)11-14/h4-11H,3,12-13H2,1-2H3,(H,23,28). The van der Waals surface area contributed by atoms with E-state index < -0.39 is 27.6 Å². The van der Waals surface area contributed by atoms with Gasteiger partial charge in [0.2, 0.25) is 15.9 Å². The molecule has 12 heteroatoms. The molecule has 0 saturated carbocycles. The van der Waals surface area contributed by atoms with E-state index in [0.717, 1.165) is 30.2 Å². The van der Waals surface area contributed by atoms with Crippen LogP contribution in [-0.2, 0) is 27.9 Å². The molecule has 8 nitrogen and oxygen atoms in total. The van der Waals surface area contributed by atoms with Crippen LogP contribution in [-0.4, -0.2) is 41.1 Å². The lowest BCUT2D eigenvalue weighted by molar-refractivity contribution is -0.113. The normalized spacial score (nSPS) is 11.4. The first-order chi connectivity index (χ1) is 15.2. The van der Waals surface area contributed by atoms with Crippen molar-refractivity contribution in [1.29, 1.82) is 0 Å². The number of rotatable bonds is 9. The fourth-order valence-electron chi connectivity index (χ4n) is 2.88. The summed E-state index contributed by atoms with van der Waals surface area (Å²) < 4.78 is 53.9. The van der Waals surface area contributed by atoms with Gasteiger partial charge < -0.3 is 9.88 Å². The molecule has 0 aliphatic heterocycles. The largest absolute Gasteiger partial charge is 0.325 e. The van der Waals surface area contributed by atoms with Crippen LogP contribution in [0.2, 0.25) is 0 Å². The van der Waals surface area contributed by atoms with E-state index in [9.17, 15) is 22.0 Å². The third-order valence-corrected chi connectivity index (χ3v) is 6.48. The molecule has 32 heavy (non-hydrogen) atoms. The highest BCUT2D eigenvalue weighted by atomic mass is 32.2. The summed E-state index contributed by atoms with van der Waals surface area (Å²) in [7, 11) is -3.57. The monoisotopic (exact) mass is 481 g/mol. The van der Waals surface area contributed by atoms with Crippen molar-refractivity contribution in [3.05, 3.63) is 66.0 Å². The number of para-hydroxylation sites is 1. The Balaban J connectivity index is 1.71. The van der Waals surface area contributed by atoms with Crippen LogP contribution in [0.3, 0.4) is 0 Å². The molecule has 0 spiro atoms.